The molecule has 1 aliphatic rings. The summed E-state index contributed by atoms with van der Waals surface area (Å²) in [5.74, 6) is 1.31. The van der Waals surface area contributed by atoms with E-state index in [1.54, 1.807) is 31.3 Å². The third-order valence-corrected chi connectivity index (χ3v) is 5.90. The summed E-state index contributed by atoms with van der Waals surface area (Å²) in [6.07, 6.45) is 4.34. The van der Waals surface area contributed by atoms with Crippen molar-refractivity contribution in [1.82, 2.24) is 4.90 Å². The maximum Gasteiger partial charge on any atom is 0.265 e. The number of thioether (sulfide) groups is 1. The SMILES string of the molecule is C=CCc1ccccc1OCCOc1ccc(Cl)cc1C=C1SC(=S)N(C)C1=O. The van der Waals surface area contributed by atoms with Gasteiger partial charge in [0.2, 0.25) is 0 Å². The van der Waals surface area contributed by atoms with Gasteiger partial charge in [0.25, 0.3) is 5.91 Å². The molecule has 3 rings (SSSR count). The first kappa shape index (κ1) is 21.4. The highest BCUT2D eigenvalue weighted by atomic mass is 35.5. The van der Waals surface area contributed by atoms with Crippen LogP contribution in [0.15, 0.2) is 60.0 Å². The highest BCUT2D eigenvalue weighted by Crippen LogP contribution is 2.34. The van der Waals surface area contributed by atoms with E-state index in [-0.39, 0.29) is 5.91 Å². The Balaban J connectivity index is 1.67. The molecule has 0 saturated carbocycles. The van der Waals surface area contributed by atoms with E-state index in [0.717, 1.165) is 23.3 Å². The average Bonchev–Trinajstić information content (AvgIpc) is 2.94. The molecule has 1 amide bonds. The minimum Gasteiger partial charge on any atom is -0.490 e. The fourth-order valence-electron chi connectivity index (χ4n) is 2.72. The maximum absolute atomic E-state index is 12.3. The molecule has 1 saturated heterocycles. The summed E-state index contributed by atoms with van der Waals surface area (Å²) in [5.41, 5.74) is 1.80. The number of allylic oxidation sites excluding steroid dienone is 1. The van der Waals surface area contributed by atoms with E-state index in [4.69, 9.17) is 33.3 Å². The van der Waals surface area contributed by atoms with Gasteiger partial charge in [-0.05, 0) is 42.3 Å². The fraction of sp³-hybridized carbons (Fsp3) is 0.182. The number of thiocarbonyl (C=S) groups is 1. The van der Waals surface area contributed by atoms with Crippen LogP contribution in [0.4, 0.5) is 0 Å². The number of carbonyl (C=O) groups excluding carboxylic acids is 1. The normalized spacial score (nSPS) is 15.1. The minimum atomic E-state index is -0.131. The first-order valence-corrected chi connectivity index (χ1v) is 10.6. The zero-order valence-corrected chi connectivity index (χ0v) is 18.3. The van der Waals surface area contributed by atoms with Crippen LogP contribution in [0.5, 0.6) is 11.5 Å². The van der Waals surface area contributed by atoms with Gasteiger partial charge in [-0.25, -0.2) is 0 Å². The first-order valence-electron chi connectivity index (χ1n) is 8.95. The molecule has 150 valence electrons. The highest BCUT2D eigenvalue weighted by Gasteiger charge is 2.29. The van der Waals surface area contributed by atoms with Crippen molar-refractivity contribution in [2.75, 3.05) is 20.3 Å². The average molecular weight is 446 g/mol. The number of hydrogen-bond acceptors (Lipinski definition) is 5. The van der Waals surface area contributed by atoms with Crippen LogP contribution in [0.2, 0.25) is 5.02 Å². The molecule has 1 aliphatic heterocycles. The molecule has 1 heterocycles. The molecule has 0 atom stereocenters. The summed E-state index contributed by atoms with van der Waals surface area (Å²) in [5, 5.41) is 0.560. The number of rotatable bonds is 8. The van der Waals surface area contributed by atoms with Gasteiger partial charge in [-0.1, -0.05) is 59.9 Å². The molecule has 7 heteroatoms. The van der Waals surface area contributed by atoms with Crippen molar-refractivity contribution in [3.8, 4) is 11.5 Å². The highest BCUT2D eigenvalue weighted by molar-refractivity contribution is 8.26. The third kappa shape index (κ3) is 5.41. The van der Waals surface area contributed by atoms with Gasteiger partial charge in [0.05, 0.1) is 4.91 Å². The summed E-state index contributed by atoms with van der Waals surface area (Å²) >= 11 is 12.6. The number of para-hydroxylation sites is 1. The van der Waals surface area contributed by atoms with E-state index in [0.29, 0.717) is 33.2 Å². The molecule has 0 spiro atoms. The maximum atomic E-state index is 12.3. The smallest absolute Gasteiger partial charge is 0.265 e. The molecular weight excluding hydrogens is 426 g/mol. The molecule has 0 N–H and O–H groups in total. The van der Waals surface area contributed by atoms with E-state index < -0.39 is 0 Å². The van der Waals surface area contributed by atoms with Crippen LogP contribution in [-0.2, 0) is 11.2 Å². The Morgan fingerprint density at radius 1 is 1.17 bits per heavy atom. The number of nitrogens with zero attached hydrogens (tertiary/aromatic N) is 1. The van der Waals surface area contributed by atoms with Crippen LogP contribution in [0.3, 0.4) is 0 Å². The van der Waals surface area contributed by atoms with Gasteiger partial charge in [-0.15, -0.1) is 6.58 Å². The van der Waals surface area contributed by atoms with Crippen LogP contribution in [0, 0.1) is 0 Å². The zero-order valence-electron chi connectivity index (χ0n) is 15.9. The van der Waals surface area contributed by atoms with Gasteiger partial charge < -0.3 is 9.47 Å². The Kier molecular flexibility index (Phi) is 7.36. The monoisotopic (exact) mass is 445 g/mol. The number of carbonyl (C=O) groups is 1. The number of amides is 1. The van der Waals surface area contributed by atoms with Gasteiger partial charge in [-0.3, -0.25) is 9.69 Å². The Labute approximate surface area is 185 Å². The van der Waals surface area contributed by atoms with Gasteiger partial charge in [0, 0.05) is 17.6 Å². The Morgan fingerprint density at radius 2 is 1.90 bits per heavy atom. The third-order valence-electron chi connectivity index (χ3n) is 4.18. The topological polar surface area (TPSA) is 38.8 Å². The quantitative estimate of drug-likeness (QED) is 0.237. The Bertz CT molecular complexity index is 974. The Morgan fingerprint density at radius 3 is 2.59 bits per heavy atom. The van der Waals surface area contributed by atoms with Gasteiger partial charge in [0.15, 0.2) is 0 Å². The second-order valence-electron chi connectivity index (χ2n) is 6.22. The number of halogens is 1. The van der Waals surface area contributed by atoms with Crippen molar-refractivity contribution in [3.05, 3.63) is 76.2 Å². The van der Waals surface area contributed by atoms with Crippen molar-refractivity contribution in [1.29, 1.82) is 0 Å². The molecule has 0 aliphatic carbocycles. The lowest BCUT2D eigenvalue weighted by Crippen LogP contribution is -2.22. The minimum absolute atomic E-state index is 0.131. The fourth-order valence-corrected chi connectivity index (χ4v) is 4.07. The lowest BCUT2D eigenvalue weighted by Gasteiger charge is -2.13. The summed E-state index contributed by atoms with van der Waals surface area (Å²) in [6, 6.07) is 13.1. The van der Waals surface area contributed by atoms with Crippen LogP contribution in [0.25, 0.3) is 6.08 Å². The Hall–Kier alpha value is -2.28. The van der Waals surface area contributed by atoms with Crippen molar-refractivity contribution in [2.45, 2.75) is 6.42 Å². The van der Waals surface area contributed by atoms with Gasteiger partial charge in [0.1, 0.15) is 29.0 Å². The van der Waals surface area contributed by atoms with E-state index in [9.17, 15) is 4.79 Å². The lowest BCUT2D eigenvalue weighted by atomic mass is 10.1. The van der Waals surface area contributed by atoms with Crippen LogP contribution >= 0.6 is 35.6 Å². The largest absolute Gasteiger partial charge is 0.490 e. The van der Waals surface area contributed by atoms with Crippen LogP contribution < -0.4 is 9.47 Å². The van der Waals surface area contributed by atoms with Gasteiger partial charge >= 0.3 is 0 Å². The molecule has 1 fully saturated rings. The second-order valence-corrected chi connectivity index (χ2v) is 8.33. The molecular formula is C22H20ClNO3S2. The van der Waals surface area contributed by atoms with Crippen molar-refractivity contribution >= 4 is 51.9 Å². The van der Waals surface area contributed by atoms with E-state index in [1.165, 1.54) is 16.7 Å². The predicted molar refractivity (Wildman–Crippen MR) is 124 cm³/mol. The zero-order chi connectivity index (χ0) is 20.8. The van der Waals surface area contributed by atoms with E-state index >= 15 is 0 Å². The number of benzene rings is 2. The molecule has 29 heavy (non-hydrogen) atoms. The predicted octanol–water partition coefficient (Wildman–Crippen LogP) is 5.36. The van der Waals surface area contributed by atoms with E-state index in [2.05, 4.69) is 6.58 Å². The summed E-state index contributed by atoms with van der Waals surface area (Å²) in [4.78, 5) is 14.3. The molecule has 0 bridgehead atoms. The van der Waals surface area contributed by atoms with Crippen molar-refractivity contribution in [3.63, 3.8) is 0 Å². The van der Waals surface area contributed by atoms with Crippen molar-refractivity contribution < 1.29 is 14.3 Å². The number of hydrogen-bond donors (Lipinski definition) is 0. The summed E-state index contributed by atoms with van der Waals surface area (Å²) in [6.45, 7) is 4.50. The van der Waals surface area contributed by atoms with Crippen molar-refractivity contribution in [2.24, 2.45) is 0 Å². The summed E-state index contributed by atoms with van der Waals surface area (Å²) < 4.78 is 12.3. The summed E-state index contributed by atoms with van der Waals surface area (Å²) in [7, 11) is 1.66. The number of likely N-dealkylation sites (N-methyl/N-ethyl adjacent to an activating group) is 1. The van der Waals surface area contributed by atoms with Crippen LogP contribution in [0.1, 0.15) is 11.1 Å². The molecule has 0 aromatic heterocycles. The molecule has 2 aromatic rings. The second kappa shape index (κ2) is 9.96. The molecule has 4 nitrogen and oxygen atoms in total. The molecule has 0 radical (unpaired) electrons. The van der Waals surface area contributed by atoms with Gasteiger partial charge in [-0.2, -0.15) is 0 Å². The lowest BCUT2D eigenvalue weighted by molar-refractivity contribution is -0.121. The molecule has 2 aromatic carbocycles. The molecule has 0 unspecified atom stereocenters. The first-order chi connectivity index (χ1) is 14.0. The van der Waals surface area contributed by atoms with Crippen LogP contribution in [-0.4, -0.2) is 35.4 Å². The standard InChI is InChI=1S/C22H20ClNO3S2/c1-3-6-15-7-4-5-8-18(15)26-11-12-27-19-10-9-17(23)13-16(19)14-20-21(25)24(2)22(28)29-20/h3-5,7-10,13-14H,1,6,11-12H2,2H3. The van der Waals surface area contributed by atoms with E-state index in [1.807, 2.05) is 30.3 Å². The number of ether oxygens (including phenoxy) is 2.